The van der Waals surface area contributed by atoms with Crippen LogP contribution in [0.15, 0.2) is 16.6 Å². The number of carbonyl (C=O) groups is 1. The number of hydrogen-bond acceptors (Lipinski definition) is 5. The van der Waals surface area contributed by atoms with Gasteiger partial charge in [-0.1, -0.05) is 15.9 Å². The molecule has 3 N–H and O–H groups in total. The number of hydrogen-bond donors (Lipinski definition) is 3. The van der Waals surface area contributed by atoms with Gasteiger partial charge in [-0.05, 0) is 17.7 Å². The monoisotopic (exact) mass is 394 g/mol. The molecule has 2 heterocycles. The molecule has 128 valence electrons. The van der Waals surface area contributed by atoms with Crippen molar-refractivity contribution in [1.82, 2.24) is 20.8 Å². The molecule has 1 aromatic heterocycles. The highest BCUT2D eigenvalue weighted by atomic mass is 79.9. The summed E-state index contributed by atoms with van der Waals surface area (Å²) in [6.07, 6.45) is 0.858. The number of nitrogens with zero attached hydrogens (tertiary/aromatic N) is 1. The van der Waals surface area contributed by atoms with Crippen LogP contribution < -0.4 is 20.1 Å². The van der Waals surface area contributed by atoms with Crippen molar-refractivity contribution in [3.63, 3.8) is 0 Å². The molecule has 7 nitrogen and oxygen atoms in total. The van der Waals surface area contributed by atoms with Crippen molar-refractivity contribution in [3.05, 3.63) is 39.1 Å². The van der Waals surface area contributed by atoms with Gasteiger partial charge in [0, 0.05) is 41.8 Å². The highest BCUT2D eigenvalue weighted by Gasteiger charge is 2.21. The van der Waals surface area contributed by atoms with Crippen molar-refractivity contribution in [3.8, 4) is 11.5 Å². The number of amides is 1. The third-order valence-electron chi connectivity index (χ3n) is 4.01. The lowest BCUT2D eigenvalue weighted by Crippen LogP contribution is -2.28. The van der Waals surface area contributed by atoms with E-state index in [1.54, 1.807) is 14.2 Å². The largest absolute Gasteiger partial charge is 0.493 e. The fraction of sp³-hybridized carbons (Fsp3) is 0.375. The first-order valence-electron chi connectivity index (χ1n) is 7.59. The SMILES string of the molecule is COc1cc(Br)c(CNC(=O)c2n[nH]c3c2CNCC3)cc1OC. The minimum Gasteiger partial charge on any atom is -0.493 e. The van der Waals surface area contributed by atoms with E-state index in [-0.39, 0.29) is 5.91 Å². The van der Waals surface area contributed by atoms with Gasteiger partial charge in [-0.2, -0.15) is 5.10 Å². The zero-order chi connectivity index (χ0) is 17.1. The van der Waals surface area contributed by atoms with Crippen molar-refractivity contribution in [2.75, 3.05) is 20.8 Å². The number of aromatic nitrogens is 2. The lowest BCUT2D eigenvalue weighted by Gasteiger charge is -2.14. The van der Waals surface area contributed by atoms with Gasteiger partial charge in [-0.3, -0.25) is 9.89 Å². The fourth-order valence-electron chi connectivity index (χ4n) is 2.70. The van der Waals surface area contributed by atoms with Gasteiger partial charge in [0.15, 0.2) is 17.2 Å². The molecule has 0 saturated carbocycles. The summed E-state index contributed by atoms with van der Waals surface area (Å²) in [6, 6.07) is 3.66. The summed E-state index contributed by atoms with van der Waals surface area (Å²) in [5.41, 5.74) is 3.33. The first-order chi connectivity index (χ1) is 11.6. The van der Waals surface area contributed by atoms with Crippen LogP contribution in [0.1, 0.15) is 27.3 Å². The smallest absolute Gasteiger partial charge is 0.272 e. The Morgan fingerprint density at radius 2 is 2.08 bits per heavy atom. The van der Waals surface area contributed by atoms with Crippen LogP contribution in [-0.4, -0.2) is 36.9 Å². The fourth-order valence-corrected chi connectivity index (χ4v) is 3.17. The van der Waals surface area contributed by atoms with Crippen LogP contribution in [0.4, 0.5) is 0 Å². The van der Waals surface area contributed by atoms with Gasteiger partial charge < -0.3 is 20.1 Å². The van der Waals surface area contributed by atoms with Gasteiger partial charge in [0.05, 0.1) is 14.2 Å². The second-order valence-corrected chi connectivity index (χ2v) is 6.29. The minimum absolute atomic E-state index is 0.196. The van der Waals surface area contributed by atoms with Crippen LogP contribution in [0.2, 0.25) is 0 Å². The van der Waals surface area contributed by atoms with E-state index >= 15 is 0 Å². The topological polar surface area (TPSA) is 88.3 Å². The molecular weight excluding hydrogens is 376 g/mol. The molecule has 0 spiro atoms. The summed E-state index contributed by atoms with van der Waals surface area (Å²) in [5.74, 6) is 1.05. The molecule has 8 heteroatoms. The van der Waals surface area contributed by atoms with Crippen molar-refractivity contribution in [2.45, 2.75) is 19.5 Å². The minimum atomic E-state index is -0.196. The second-order valence-electron chi connectivity index (χ2n) is 5.44. The number of ether oxygens (including phenoxy) is 2. The molecule has 0 bridgehead atoms. The van der Waals surface area contributed by atoms with Crippen LogP contribution >= 0.6 is 15.9 Å². The Labute approximate surface area is 148 Å². The third-order valence-corrected chi connectivity index (χ3v) is 4.75. The van der Waals surface area contributed by atoms with Gasteiger partial charge >= 0.3 is 0 Å². The van der Waals surface area contributed by atoms with Crippen molar-refractivity contribution in [1.29, 1.82) is 0 Å². The number of aromatic amines is 1. The summed E-state index contributed by atoms with van der Waals surface area (Å²) in [7, 11) is 3.16. The van der Waals surface area contributed by atoms with Gasteiger partial charge in [0.2, 0.25) is 0 Å². The molecule has 0 aliphatic carbocycles. The molecule has 1 aliphatic heterocycles. The highest BCUT2D eigenvalue weighted by Crippen LogP contribution is 2.33. The van der Waals surface area contributed by atoms with E-state index in [0.29, 0.717) is 30.3 Å². The summed E-state index contributed by atoms with van der Waals surface area (Å²) in [5, 5.41) is 13.3. The molecule has 24 heavy (non-hydrogen) atoms. The summed E-state index contributed by atoms with van der Waals surface area (Å²) in [6.45, 7) is 1.91. The number of benzene rings is 1. The Morgan fingerprint density at radius 1 is 1.33 bits per heavy atom. The molecule has 0 radical (unpaired) electrons. The number of rotatable bonds is 5. The average molecular weight is 395 g/mol. The first-order valence-corrected chi connectivity index (χ1v) is 8.38. The molecule has 0 saturated heterocycles. The Balaban J connectivity index is 1.74. The van der Waals surface area contributed by atoms with E-state index in [1.165, 1.54) is 0 Å². The van der Waals surface area contributed by atoms with E-state index in [4.69, 9.17) is 9.47 Å². The predicted molar refractivity (Wildman–Crippen MR) is 92.4 cm³/mol. The normalized spacial score (nSPS) is 13.3. The van der Waals surface area contributed by atoms with E-state index in [0.717, 1.165) is 34.3 Å². The molecular formula is C16H19BrN4O3. The highest BCUT2D eigenvalue weighted by molar-refractivity contribution is 9.10. The molecule has 2 aromatic rings. The first kappa shape index (κ1) is 16.8. The van der Waals surface area contributed by atoms with Gasteiger partial charge in [0.1, 0.15) is 0 Å². The molecule has 0 fully saturated rings. The molecule has 3 rings (SSSR count). The van der Waals surface area contributed by atoms with Crippen LogP contribution in [0.5, 0.6) is 11.5 Å². The van der Waals surface area contributed by atoms with Crippen LogP contribution in [0.3, 0.4) is 0 Å². The third kappa shape index (κ3) is 3.25. The lowest BCUT2D eigenvalue weighted by atomic mass is 10.1. The van der Waals surface area contributed by atoms with Crippen LogP contribution in [0.25, 0.3) is 0 Å². The van der Waals surface area contributed by atoms with Crippen molar-refractivity contribution >= 4 is 21.8 Å². The standard InChI is InChI=1S/C16H19BrN4O3/c1-23-13-5-9(11(17)6-14(13)24-2)7-19-16(22)15-10-8-18-4-3-12(10)20-21-15/h5-6,18H,3-4,7-8H2,1-2H3,(H,19,22)(H,20,21). The maximum atomic E-state index is 12.4. The second kappa shape index (κ2) is 7.23. The average Bonchev–Trinajstić information content (AvgIpc) is 3.04. The number of nitrogens with one attached hydrogen (secondary N) is 3. The Hall–Kier alpha value is -2.06. The Morgan fingerprint density at radius 3 is 2.83 bits per heavy atom. The molecule has 0 unspecified atom stereocenters. The maximum absolute atomic E-state index is 12.4. The van der Waals surface area contributed by atoms with Crippen LogP contribution in [-0.2, 0) is 19.5 Å². The van der Waals surface area contributed by atoms with E-state index in [1.807, 2.05) is 12.1 Å². The number of carbonyl (C=O) groups excluding carboxylic acids is 1. The zero-order valence-electron chi connectivity index (χ0n) is 13.5. The van der Waals surface area contributed by atoms with Crippen molar-refractivity contribution in [2.24, 2.45) is 0 Å². The lowest BCUT2D eigenvalue weighted by molar-refractivity contribution is 0.0944. The zero-order valence-corrected chi connectivity index (χ0v) is 15.1. The van der Waals surface area contributed by atoms with E-state index in [9.17, 15) is 4.79 Å². The van der Waals surface area contributed by atoms with E-state index in [2.05, 4.69) is 36.8 Å². The predicted octanol–water partition coefficient (Wildman–Crippen LogP) is 1.77. The molecule has 1 aliphatic rings. The van der Waals surface area contributed by atoms with E-state index < -0.39 is 0 Å². The summed E-state index contributed by atoms with van der Waals surface area (Å²) >= 11 is 3.49. The van der Waals surface area contributed by atoms with Gasteiger partial charge in [-0.25, -0.2) is 0 Å². The Kier molecular flexibility index (Phi) is 5.06. The number of halogens is 1. The molecule has 1 amide bonds. The van der Waals surface area contributed by atoms with Crippen LogP contribution in [0, 0.1) is 0 Å². The number of H-pyrrole nitrogens is 1. The van der Waals surface area contributed by atoms with Gasteiger partial charge in [0.25, 0.3) is 5.91 Å². The summed E-state index contributed by atoms with van der Waals surface area (Å²) < 4.78 is 11.4. The maximum Gasteiger partial charge on any atom is 0.272 e. The number of fused-ring (bicyclic) bond motifs is 1. The quantitative estimate of drug-likeness (QED) is 0.718. The summed E-state index contributed by atoms with van der Waals surface area (Å²) in [4.78, 5) is 12.4. The molecule has 1 aromatic carbocycles. The molecule has 0 atom stereocenters. The van der Waals surface area contributed by atoms with Crippen molar-refractivity contribution < 1.29 is 14.3 Å². The van der Waals surface area contributed by atoms with Gasteiger partial charge in [-0.15, -0.1) is 0 Å². The Bertz CT molecular complexity index is 760. The number of methoxy groups -OCH3 is 2.